The van der Waals surface area contributed by atoms with Crippen LogP contribution in [0.2, 0.25) is 0 Å². The van der Waals surface area contributed by atoms with Crippen LogP contribution in [-0.2, 0) is 4.79 Å². The van der Waals surface area contributed by atoms with Crippen molar-refractivity contribution in [2.75, 3.05) is 12.0 Å². The van der Waals surface area contributed by atoms with Gasteiger partial charge in [0.1, 0.15) is 11.6 Å². The standard InChI is InChI=1S/C17H12FNO2S2/c1-21-14-4-2-3-11(9-14)10-15-16(20)19(17(22)23-15)13-7-5-12(18)6-8-13/h2-10H,1H3/b15-10+. The Morgan fingerprint density at radius 1 is 1.22 bits per heavy atom. The molecule has 1 aliphatic heterocycles. The molecule has 6 heteroatoms. The van der Waals surface area contributed by atoms with Crippen molar-refractivity contribution in [3.8, 4) is 5.75 Å². The number of carbonyl (C=O) groups excluding carboxylic acids is 1. The highest BCUT2D eigenvalue weighted by molar-refractivity contribution is 8.27. The summed E-state index contributed by atoms with van der Waals surface area (Å²) in [6, 6.07) is 13.1. The number of rotatable bonds is 3. The van der Waals surface area contributed by atoms with Crippen molar-refractivity contribution in [1.29, 1.82) is 0 Å². The third kappa shape index (κ3) is 3.28. The number of benzene rings is 2. The molecule has 1 fully saturated rings. The summed E-state index contributed by atoms with van der Waals surface area (Å²) in [6.45, 7) is 0. The number of hydrogen-bond donors (Lipinski definition) is 0. The molecule has 3 rings (SSSR count). The molecule has 2 aromatic carbocycles. The fourth-order valence-corrected chi connectivity index (χ4v) is 3.46. The monoisotopic (exact) mass is 345 g/mol. The predicted molar refractivity (Wildman–Crippen MR) is 95.0 cm³/mol. The normalized spacial score (nSPS) is 16.3. The molecule has 0 N–H and O–H groups in total. The van der Waals surface area contributed by atoms with Crippen LogP contribution in [0.3, 0.4) is 0 Å². The number of ether oxygens (including phenoxy) is 1. The van der Waals surface area contributed by atoms with Gasteiger partial charge < -0.3 is 4.74 Å². The van der Waals surface area contributed by atoms with Crippen molar-refractivity contribution in [1.82, 2.24) is 0 Å². The maximum atomic E-state index is 13.0. The molecule has 1 aliphatic rings. The van der Waals surface area contributed by atoms with Crippen molar-refractivity contribution in [2.45, 2.75) is 0 Å². The van der Waals surface area contributed by atoms with Crippen LogP contribution < -0.4 is 9.64 Å². The Morgan fingerprint density at radius 2 is 1.96 bits per heavy atom. The lowest BCUT2D eigenvalue weighted by Crippen LogP contribution is -2.27. The second kappa shape index (κ2) is 6.52. The van der Waals surface area contributed by atoms with E-state index in [4.69, 9.17) is 17.0 Å². The summed E-state index contributed by atoms with van der Waals surface area (Å²) < 4.78 is 18.6. The molecule has 0 aromatic heterocycles. The highest BCUT2D eigenvalue weighted by atomic mass is 32.2. The third-order valence-corrected chi connectivity index (χ3v) is 4.57. The van der Waals surface area contributed by atoms with Crippen LogP contribution in [0.1, 0.15) is 5.56 Å². The van der Waals surface area contributed by atoms with E-state index >= 15 is 0 Å². The van der Waals surface area contributed by atoms with Crippen LogP contribution in [0.25, 0.3) is 6.08 Å². The molecule has 0 aliphatic carbocycles. The average Bonchev–Trinajstić information content (AvgIpc) is 2.83. The molecular weight excluding hydrogens is 333 g/mol. The molecule has 2 aromatic rings. The lowest BCUT2D eigenvalue weighted by molar-refractivity contribution is -0.113. The summed E-state index contributed by atoms with van der Waals surface area (Å²) in [6.07, 6.45) is 1.77. The van der Waals surface area contributed by atoms with E-state index in [1.54, 1.807) is 13.2 Å². The van der Waals surface area contributed by atoms with Gasteiger partial charge in [0.25, 0.3) is 5.91 Å². The molecule has 0 saturated carbocycles. The minimum atomic E-state index is -0.355. The topological polar surface area (TPSA) is 29.5 Å². The minimum absolute atomic E-state index is 0.213. The lowest BCUT2D eigenvalue weighted by Gasteiger charge is -2.14. The van der Waals surface area contributed by atoms with E-state index in [9.17, 15) is 9.18 Å². The summed E-state index contributed by atoms with van der Waals surface area (Å²) in [5, 5.41) is 0. The fourth-order valence-electron chi connectivity index (χ4n) is 2.16. The van der Waals surface area contributed by atoms with Gasteiger partial charge in [-0.25, -0.2) is 4.39 Å². The first-order chi connectivity index (χ1) is 11.1. The van der Waals surface area contributed by atoms with Crippen LogP contribution in [0.4, 0.5) is 10.1 Å². The Hall–Kier alpha value is -2.18. The zero-order chi connectivity index (χ0) is 16.4. The van der Waals surface area contributed by atoms with Gasteiger partial charge in [0.05, 0.1) is 17.7 Å². The quantitative estimate of drug-likeness (QED) is 0.615. The van der Waals surface area contributed by atoms with Gasteiger partial charge in [-0.15, -0.1) is 0 Å². The maximum Gasteiger partial charge on any atom is 0.270 e. The van der Waals surface area contributed by atoms with E-state index in [1.807, 2.05) is 24.3 Å². The Kier molecular flexibility index (Phi) is 4.45. The molecule has 116 valence electrons. The maximum absolute atomic E-state index is 13.0. The second-order valence-corrected chi connectivity index (χ2v) is 6.45. The van der Waals surface area contributed by atoms with E-state index in [1.165, 1.54) is 40.9 Å². The minimum Gasteiger partial charge on any atom is -0.497 e. The fraction of sp³-hybridized carbons (Fsp3) is 0.0588. The highest BCUT2D eigenvalue weighted by Crippen LogP contribution is 2.36. The number of thioether (sulfide) groups is 1. The summed E-state index contributed by atoms with van der Waals surface area (Å²) >= 11 is 6.51. The number of nitrogens with zero attached hydrogens (tertiary/aromatic N) is 1. The summed E-state index contributed by atoms with van der Waals surface area (Å²) in [4.78, 5) is 14.5. The molecule has 0 radical (unpaired) electrons. The zero-order valence-corrected chi connectivity index (χ0v) is 13.8. The number of halogens is 1. The van der Waals surface area contributed by atoms with E-state index in [-0.39, 0.29) is 11.7 Å². The Morgan fingerprint density at radius 3 is 2.65 bits per heavy atom. The van der Waals surface area contributed by atoms with E-state index < -0.39 is 0 Å². The Labute approximate surface area is 142 Å². The number of amides is 1. The first kappa shape index (κ1) is 15.7. The number of carbonyl (C=O) groups is 1. The van der Waals surface area contributed by atoms with Crippen LogP contribution in [0, 0.1) is 5.82 Å². The summed E-state index contributed by atoms with van der Waals surface area (Å²) in [5.74, 6) is 0.147. The average molecular weight is 345 g/mol. The largest absolute Gasteiger partial charge is 0.497 e. The van der Waals surface area contributed by atoms with Crippen molar-refractivity contribution in [3.05, 3.63) is 64.8 Å². The third-order valence-electron chi connectivity index (χ3n) is 3.27. The number of hydrogen-bond acceptors (Lipinski definition) is 4. The molecule has 23 heavy (non-hydrogen) atoms. The second-order valence-electron chi connectivity index (χ2n) is 4.77. The lowest BCUT2D eigenvalue weighted by atomic mass is 10.2. The van der Waals surface area contributed by atoms with Crippen molar-refractivity contribution in [2.24, 2.45) is 0 Å². The van der Waals surface area contributed by atoms with Crippen molar-refractivity contribution in [3.63, 3.8) is 0 Å². The van der Waals surface area contributed by atoms with E-state index in [2.05, 4.69) is 0 Å². The number of thiocarbonyl (C=S) groups is 1. The molecule has 3 nitrogen and oxygen atoms in total. The van der Waals surface area contributed by atoms with Crippen molar-refractivity contribution < 1.29 is 13.9 Å². The van der Waals surface area contributed by atoms with Gasteiger partial charge in [-0.2, -0.15) is 0 Å². The van der Waals surface area contributed by atoms with Crippen molar-refractivity contribution >= 4 is 46.0 Å². The molecule has 0 unspecified atom stereocenters. The van der Waals surface area contributed by atoms with Crippen LogP contribution in [0.15, 0.2) is 53.4 Å². The molecule has 1 heterocycles. The van der Waals surface area contributed by atoms with Crippen LogP contribution in [0.5, 0.6) is 5.75 Å². The van der Waals surface area contributed by atoms with Crippen LogP contribution in [-0.4, -0.2) is 17.3 Å². The van der Waals surface area contributed by atoms with Gasteiger partial charge in [0, 0.05) is 0 Å². The number of anilines is 1. The van der Waals surface area contributed by atoms with Crippen LogP contribution >= 0.6 is 24.0 Å². The first-order valence-electron chi connectivity index (χ1n) is 6.76. The van der Waals surface area contributed by atoms with Gasteiger partial charge in [-0.1, -0.05) is 36.1 Å². The van der Waals surface area contributed by atoms with Gasteiger partial charge in [0.2, 0.25) is 0 Å². The number of methoxy groups -OCH3 is 1. The van der Waals surface area contributed by atoms with E-state index in [0.717, 1.165) is 5.56 Å². The van der Waals surface area contributed by atoms with Gasteiger partial charge in [0.15, 0.2) is 4.32 Å². The van der Waals surface area contributed by atoms with Gasteiger partial charge in [-0.3, -0.25) is 9.69 Å². The molecule has 1 amide bonds. The SMILES string of the molecule is COc1cccc(/C=C2/SC(=S)N(c3ccc(F)cc3)C2=O)c1. The Bertz CT molecular complexity index is 802. The van der Waals surface area contributed by atoms with Gasteiger partial charge >= 0.3 is 0 Å². The summed E-state index contributed by atoms with van der Waals surface area (Å²) in [5.41, 5.74) is 1.41. The molecule has 1 saturated heterocycles. The zero-order valence-electron chi connectivity index (χ0n) is 12.2. The van der Waals surface area contributed by atoms with Gasteiger partial charge in [-0.05, 0) is 48.0 Å². The Balaban J connectivity index is 1.91. The van der Waals surface area contributed by atoms with E-state index in [0.29, 0.717) is 20.7 Å². The molecule has 0 atom stereocenters. The molecular formula is C17H12FNO2S2. The highest BCUT2D eigenvalue weighted by Gasteiger charge is 2.33. The molecule has 0 bridgehead atoms. The summed E-state index contributed by atoms with van der Waals surface area (Å²) in [7, 11) is 1.59. The predicted octanol–water partition coefficient (Wildman–Crippen LogP) is 4.24. The first-order valence-corrected chi connectivity index (χ1v) is 7.98. The smallest absolute Gasteiger partial charge is 0.270 e. The molecule has 0 spiro atoms.